The SMILES string of the molecule is CN1CCN(Cc2cc3c4ccccc4n(Cc4ccc(F)cc4)c3c(CN3CCN(C)CC3)n2)CC1. The number of benzene rings is 2. The molecular formula is C30H37FN6. The minimum Gasteiger partial charge on any atom is -0.334 e. The van der Waals surface area contributed by atoms with E-state index in [1.165, 1.54) is 21.8 Å². The average Bonchev–Trinajstić information content (AvgIpc) is 3.22. The summed E-state index contributed by atoms with van der Waals surface area (Å²) < 4.78 is 16.0. The smallest absolute Gasteiger partial charge is 0.123 e. The van der Waals surface area contributed by atoms with E-state index in [4.69, 9.17) is 4.98 Å². The van der Waals surface area contributed by atoms with Crippen LogP contribution in [0.25, 0.3) is 21.8 Å². The Balaban J connectivity index is 1.45. The van der Waals surface area contributed by atoms with E-state index in [1.54, 1.807) is 12.1 Å². The molecule has 194 valence electrons. The van der Waals surface area contributed by atoms with Crippen molar-refractivity contribution in [3.63, 3.8) is 0 Å². The van der Waals surface area contributed by atoms with E-state index in [-0.39, 0.29) is 5.82 Å². The Morgan fingerprint density at radius 3 is 2.00 bits per heavy atom. The van der Waals surface area contributed by atoms with Gasteiger partial charge in [0.25, 0.3) is 0 Å². The van der Waals surface area contributed by atoms with Crippen LogP contribution in [-0.4, -0.2) is 95.6 Å². The van der Waals surface area contributed by atoms with Gasteiger partial charge in [-0.05, 0) is 43.9 Å². The predicted octanol–water partition coefficient (Wildman–Crippen LogP) is 3.87. The van der Waals surface area contributed by atoms with Crippen molar-refractivity contribution in [3.8, 4) is 0 Å². The van der Waals surface area contributed by atoms with Gasteiger partial charge >= 0.3 is 0 Å². The van der Waals surface area contributed by atoms with E-state index >= 15 is 0 Å². The summed E-state index contributed by atoms with van der Waals surface area (Å²) in [7, 11) is 4.40. The van der Waals surface area contributed by atoms with Crippen LogP contribution in [0.1, 0.15) is 17.0 Å². The Kier molecular flexibility index (Phi) is 6.95. The molecule has 6 rings (SSSR count). The van der Waals surface area contributed by atoms with Crippen LogP contribution in [0.4, 0.5) is 4.39 Å². The van der Waals surface area contributed by atoms with Crippen LogP contribution >= 0.6 is 0 Å². The molecule has 2 aromatic heterocycles. The molecule has 0 bridgehead atoms. The zero-order valence-electron chi connectivity index (χ0n) is 22.0. The Hall–Kier alpha value is -2.84. The van der Waals surface area contributed by atoms with Crippen molar-refractivity contribution in [2.45, 2.75) is 19.6 Å². The van der Waals surface area contributed by atoms with Gasteiger partial charge in [0, 0.05) is 88.3 Å². The van der Waals surface area contributed by atoms with E-state index in [0.29, 0.717) is 6.54 Å². The lowest BCUT2D eigenvalue weighted by molar-refractivity contribution is 0.144. The summed E-state index contributed by atoms with van der Waals surface area (Å²) in [6, 6.07) is 17.9. The molecule has 4 aromatic rings. The number of hydrogen-bond donors (Lipinski definition) is 0. The Morgan fingerprint density at radius 2 is 1.32 bits per heavy atom. The second-order valence-corrected chi connectivity index (χ2v) is 10.8. The lowest BCUT2D eigenvalue weighted by Gasteiger charge is -2.33. The van der Waals surface area contributed by atoms with Gasteiger partial charge in [-0.3, -0.25) is 14.8 Å². The van der Waals surface area contributed by atoms with Crippen LogP contribution in [0.5, 0.6) is 0 Å². The first-order chi connectivity index (χ1) is 18.0. The van der Waals surface area contributed by atoms with Crippen LogP contribution in [0.2, 0.25) is 0 Å². The summed E-state index contributed by atoms with van der Waals surface area (Å²) in [6.45, 7) is 11.1. The molecule has 37 heavy (non-hydrogen) atoms. The Morgan fingerprint density at radius 1 is 0.703 bits per heavy atom. The largest absolute Gasteiger partial charge is 0.334 e. The number of pyridine rings is 1. The minimum atomic E-state index is -0.197. The molecule has 0 radical (unpaired) electrons. The van der Waals surface area contributed by atoms with Crippen molar-refractivity contribution in [1.82, 2.24) is 29.2 Å². The predicted molar refractivity (Wildman–Crippen MR) is 148 cm³/mol. The van der Waals surface area contributed by atoms with Crippen molar-refractivity contribution in [2.24, 2.45) is 0 Å². The van der Waals surface area contributed by atoms with Crippen molar-refractivity contribution in [1.29, 1.82) is 0 Å². The first-order valence-corrected chi connectivity index (χ1v) is 13.5. The summed E-state index contributed by atoms with van der Waals surface area (Å²) >= 11 is 0. The third-order valence-electron chi connectivity index (χ3n) is 8.08. The second kappa shape index (κ2) is 10.5. The highest BCUT2D eigenvalue weighted by molar-refractivity contribution is 6.09. The van der Waals surface area contributed by atoms with Gasteiger partial charge in [-0.25, -0.2) is 4.39 Å². The van der Waals surface area contributed by atoms with Gasteiger partial charge in [-0.15, -0.1) is 0 Å². The number of likely N-dealkylation sites (N-methyl/N-ethyl adjacent to an activating group) is 2. The third-order valence-corrected chi connectivity index (χ3v) is 8.08. The summed E-state index contributed by atoms with van der Waals surface area (Å²) in [5.41, 5.74) is 5.83. The molecular weight excluding hydrogens is 463 g/mol. The molecule has 0 saturated carbocycles. The van der Waals surface area contributed by atoms with Crippen LogP contribution in [0.3, 0.4) is 0 Å². The van der Waals surface area contributed by atoms with Gasteiger partial charge in [0.15, 0.2) is 0 Å². The molecule has 7 heteroatoms. The summed E-state index contributed by atoms with van der Waals surface area (Å²) in [6.07, 6.45) is 0. The number of rotatable bonds is 6. The third kappa shape index (κ3) is 5.27. The van der Waals surface area contributed by atoms with Crippen molar-refractivity contribution in [3.05, 3.63) is 77.4 Å². The average molecular weight is 501 g/mol. The lowest BCUT2D eigenvalue weighted by Crippen LogP contribution is -2.44. The molecule has 0 amide bonds. The van der Waals surface area contributed by atoms with E-state index in [9.17, 15) is 4.39 Å². The fourth-order valence-corrected chi connectivity index (χ4v) is 5.79. The molecule has 2 aliphatic heterocycles. The maximum Gasteiger partial charge on any atom is 0.123 e. The number of aromatic nitrogens is 2. The molecule has 4 heterocycles. The van der Waals surface area contributed by atoms with Gasteiger partial charge in [-0.2, -0.15) is 0 Å². The van der Waals surface area contributed by atoms with E-state index in [2.05, 4.69) is 68.6 Å². The van der Waals surface area contributed by atoms with E-state index < -0.39 is 0 Å². The highest BCUT2D eigenvalue weighted by Gasteiger charge is 2.22. The second-order valence-electron chi connectivity index (χ2n) is 10.8. The van der Waals surface area contributed by atoms with Gasteiger partial charge in [0.05, 0.1) is 16.9 Å². The highest BCUT2D eigenvalue weighted by atomic mass is 19.1. The summed E-state index contributed by atoms with van der Waals surface area (Å²) in [5.74, 6) is -0.197. The molecule has 0 atom stereocenters. The van der Waals surface area contributed by atoms with Crippen molar-refractivity contribution in [2.75, 3.05) is 66.5 Å². The fraction of sp³-hybridized carbons (Fsp3) is 0.433. The molecule has 2 aliphatic rings. The number of nitrogens with zero attached hydrogens (tertiary/aromatic N) is 6. The number of para-hydroxylation sites is 1. The van der Waals surface area contributed by atoms with Gasteiger partial charge in [-0.1, -0.05) is 30.3 Å². The topological polar surface area (TPSA) is 30.8 Å². The monoisotopic (exact) mass is 500 g/mol. The molecule has 2 saturated heterocycles. The number of hydrogen-bond acceptors (Lipinski definition) is 5. The lowest BCUT2D eigenvalue weighted by atomic mass is 10.1. The van der Waals surface area contributed by atoms with Gasteiger partial charge < -0.3 is 14.4 Å². The molecule has 0 aliphatic carbocycles. The van der Waals surface area contributed by atoms with E-state index in [1.807, 2.05) is 12.1 Å². The maximum absolute atomic E-state index is 13.6. The quantitative estimate of drug-likeness (QED) is 0.401. The number of halogens is 1. The molecule has 0 spiro atoms. The normalized spacial score (nSPS) is 18.8. The highest BCUT2D eigenvalue weighted by Crippen LogP contribution is 2.33. The summed E-state index contributed by atoms with van der Waals surface area (Å²) in [4.78, 5) is 15.2. The van der Waals surface area contributed by atoms with Crippen LogP contribution in [0, 0.1) is 5.82 Å². The fourth-order valence-electron chi connectivity index (χ4n) is 5.79. The standard InChI is InChI=1S/C30H37FN6/c1-33-11-15-35(16-12-33)21-25-19-27-26-5-3-4-6-29(26)37(20-23-7-9-24(31)10-8-23)30(27)28(32-25)22-36-17-13-34(2)14-18-36/h3-10,19H,11-18,20-22H2,1-2H3. The number of piperazine rings is 2. The van der Waals surface area contributed by atoms with Crippen molar-refractivity contribution >= 4 is 21.8 Å². The number of fused-ring (bicyclic) bond motifs is 3. The Labute approximate surface area is 218 Å². The van der Waals surface area contributed by atoms with E-state index in [0.717, 1.165) is 82.4 Å². The molecule has 2 fully saturated rings. The molecule has 0 unspecified atom stereocenters. The van der Waals surface area contributed by atoms with Crippen LogP contribution < -0.4 is 0 Å². The van der Waals surface area contributed by atoms with Gasteiger partial charge in [0.1, 0.15) is 5.82 Å². The van der Waals surface area contributed by atoms with Gasteiger partial charge in [0.2, 0.25) is 0 Å². The maximum atomic E-state index is 13.6. The molecule has 2 aromatic carbocycles. The molecule has 0 N–H and O–H groups in total. The van der Waals surface area contributed by atoms with Crippen molar-refractivity contribution < 1.29 is 4.39 Å². The Bertz CT molecular complexity index is 1360. The zero-order valence-corrected chi connectivity index (χ0v) is 22.0. The zero-order chi connectivity index (χ0) is 25.4. The van der Waals surface area contributed by atoms with Crippen LogP contribution in [0.15, 0.2) is 54.6 Å². The summed E-state index contributed by atoms with van der Waals surface area (Å²) in [5, 5.41) is 2.54. The van der Waals surface area contributed by atoms with Crippen LogP contribution in [-0.2, 0) is 19.6 Å². The minimum absolute atomic E-state index is 0.197. The first-order valence-electron chi connectivity index (χ1n) is 13.5. The first kappa shape index (κ1) is 24.5. The molecule has 6 nitrogen and oxygen atoms in total.